The molecule has 0 saturated carbocycles. The van der Waals surface area contributed by atoms with Crippen LogP contribution in [0.4, 0.5) is 5.69 Å². The van der Waals surface area contributed by atoms with Crippen molar-refractivity contribution in [1.29, 1.82) is 0 Å². The number of amides is 2. The van der Waals surface area contributed by atoms with Crippen LogP contribution >= 0.6 is 0 Å². The van der Waals surface area contributed by atoms with Crippen LogP contribution in [0.15, 0.2) is 48.5 Å². The van der Waals surface area contributed by atoms with Crippen LogP contribution in [-0.2, 0) is 11.2 Å². The fourth-order valence-corrected chi connectivity index (χ4v) is 3.55. The van der Waals surface area contributed by atoms with Crippen molar-refractivity contribution in [2.24, 2.45) is 0 Å². The average molecular weight is 396 g/mol. The van der Waals surface area contributed by atoms with Crippen LogP contribution in [0.5, 0.6) is 5.75 Å². The number of benzene rings is 2. The molecule has 2 amide bonds. The van der Waals surface area contributed by atoms with Gasteiger partial charge in [0.05, 0.1) is 18.7 Å². The lowest BCUT2D eigenvalue weighted by Gasteiger charge is -2.34. The third kappa shape index (κ3) is 5.35. The summed E-state index contributed by atoms with van der Waals surface area (Å²) in [6.45, 7) is 7.37. The normalized spacial score (nSPS) is 14.5. The monoisotopic (exact) mass is 395 g/mol. The van der Waals surface area contributed by atoms with Crippen LogP contribution in [0.3, 0.4) is 0 Å². The zero-order valence-electron chi connectivity index (χ0n) is 17.2. The van der Waals surface area contributed by atoms with Crippen molar-refractivity contribution in [2.45, 2.75) is 20.3 Å². The summed E-state index contributed by atoms with van der Waals surface area (Å²) in [5.74, 6) is 0.582. The highest BCUT2D eigenvalue weighted by atomic mass is 16.5. The second-order valence-electron chi connectivity index (χ2n) is 7.06. The van der Waals surface area contributed by atoms with E-state index in [4.69, 9.17) is 4.74 Å². The van der Waals surface area contributed by atoms with Gasteiger partial charge < -0.3 is 15.0 Å². The summed E-state index contributed by atoms with van der Waals surface area (Å²) >= 11 is 0. The van der Waals surface area contributed by atoms with E-state index in [1.807, 2.05) is 54.3 Å². The van der Waals surface area contributed by atoms with Crippen molar-refractivity contribution in [1.82, 2.24) is 9.80 Å². The SMILES string of the molecule is CCOc1ccccc1C(=O)N1CCN(CC(=O)Nc2ccccc2CC)CC1. The highest BCUT2D eigenvalue weighted by Crippen LogP contribution is 2.21. The average Bonchev–Trinajstić information content (AvgIpc) is 2.75. The number of nitrogens with zero attached hydrogens (tertiary/aromatic N) is 2. The molecule has 0 aliphatic carbocycles. The number of piperazine rings is 1. The molecule has 1 aliphatic heterocycles. The van der Waals surface area contributed by atoms with Crippen LogP contribution in [0, 0.1) is 0 Å². The van der Waals surface area contributed by atoms with Gasteiger partial charge in [0.1, 0.15) is 5.75 Å². The highest BCUT2D eigenvalue weighted by molar-refractivity contribution is 5.97. The zero-order valence-corrected chi connectivity index (χ0v) is 17.2. The number of carbonyl (C=O) groups is 2. The number of para-hydroxylation sites is 2. The van der Waals surface area contributed by atoms with E-state index < -0.39 is 0 Å². The van der Waals surface area contributed by atoms with E-state index in [1.165, 1.54) is 0 Å². The van der Waals surface area contributed by atoms with Gasteiger partial charge in [0.15, 0.2) is 0 Å². The van der Waals surface area contributed by atoms with Crippen molar-refractivity contribution in [3.05, 3.63) is 59.7 Å². The molecule has 6 nitrogen and oxygen atoms in total. The highest BCUT2D eigenvalue weighted by Gasteiger charge is 2.25. The number of nitrogens with one attached hydrogen (secondary N) is 1. The second-order valence-corrected chi connectivity index (χ2v) is 7.06. The molecular formula is C23H29N3O3. The molecule has 0 bridgehead atoms. The molecule has 1 fully saturated rings. The molecule has 0 aromatic heterocycles. The van der Waals surface area contributed by atoms with Gasteiger partial charge in [-0.25, -0.2) is 0 Å². The number of carbonyl (C=O) groups excluding carboxylic acids is 2. The van der Waals surface area contributed by atoms with Crippen LogP contribution in [0.25, 0.3) is 0 Å². The molecule has 1 N–H and O–H groups in total. The van der Waals surface area contributed by atoms with E-state index in [1.54, 1.807) is 6.07 Å². The Morgan fingerprint density at radius 1 is 0.966 bits per heavy atom. The molecule has 2 aromatic rings. The first kappa shape index (κ1) is 20.9. The fraction of sp³-hybridized carbons (Fsp3) is 0.391. The summed E-state index contributed by atoms with van der Waals surface area (Å²) in [5, 5.41) is 3.01. The maximum absolute atomic E-state index is 12.9. The van der Waals surface area contributed by atoms with Gasteiger partial charge in [0, 0.05) is 31.9 Å². The van der Waals surface area contributed by atoms with Crippen LogP contribution in [-0.4, -0.2) is 60.9 Å². The predicted octanol–water partition coefficient (Wildman–Crippen LogP) is 3.04. The summed E-state index contributed by atoms with van der Waals surface area (Å²) in [6, 6.07) is 15.2. The smallest absolute Gasteiger partial charge is 0.257 e. The molecule has 154 valence electrons. The fourth-order valence-electron chi connectivity index (χ4n) is 3.55. The van der Waals surface area contributed by atoms with Gasteiger partial charge in [-0.15, -0.1) is 0 Å². The zero-order chi connectivity index (χ0) is 20.6. The van der Waals surface area contributed by atoms with Crippen molar-refractivity contribution in [2.75, 3.05) is 44.6 Å². The Labute approximate surface area is 172 Å². The molecule has 6 heteroatoms. The Hall–Kier alpha value is -2.86. The quantitative estimate of drug-likeness (QED) is 0.783. The molecule has 2 aromatic carbocycles. The number of hydrogen-bond donors (Lipinski definition) is 1. The Morgan fingerprint density at radius 2 is 1.66 bits per heavy atom. The third-order valence-electron chi connectivity index (χ3n) is 5.12. The number of rotatable bonds is 7. The van der Waals surface area contributed by atoms with E-state index >= 15 is 0 Å². The Morgan fingerprint density at radius 3 is 2.38 bits per heavy atom. The number of ether oxygens (including phenoxy) is 1. The van der Waals surface area contributed by atoms with Gasteiger partial charge >= 0.3 is 0 Å². The largest absolute Gasteiger partial charge is 0.493 e. The Kier molecular flexibility index (Phi) is 7.25. The molecule has 0 unspecified atom stereocenters. The Bertz CT molecular complexity index is 845. The predicted molar refractivity (Wildman–Crippen MR) is 114 cm³/mol. The molecule has 1 heterocycles. The topological polar surface area (TPSA) is 61.9 Å². The summed E-state index contributed by atoms with van der Waals surface area (Å²) in [7, 11) is 0. The molecule has 1 saturated heterocycles. The first-order chi connectivity index (χ1) is 14.1. The number of hydrogen-bond acceptors (Lipinski definition) is 4. The van der Waals surface area contributed by atoms with Crippen molar-refractivity contribution >= 4 is 17.5 Å². The van der Waals surface area contributed by atoms with E-state index in [9.17, 15) is 9.59 Å². The number of aryl methyl sites for hydroxylation is 1. The summed E-state index contributed by atoms with van der Waals surface area (Å²) in [6.07, 6.45) is 0.875. The Balaban J connectivity index is 1.53. The maximum Gasteiger partial charge on any atom is 0.257 e. The maximum atomic E-state index is 12.9. The molecule has 0 radical (unpaired) electrons. The number of anilines is 1. The molecule has 0 atom stereocenters. The lowest BCUT2D eigenvalue weighted by molar-refractivity contribution is -0.117. The molecule has 0 spiro atoms. The van der Waals surface area contributed by atoms with Crippen molar-refractivity contribution in [3.8, 4) is 5.75 Å². The van der Waals surface area contributed by atoms with Gasteiger partial charge in [0.2, 0.25) is 5.91 Å². The first-order valence-corrected chi connectivity index (χ1v) is 10.2. The minimum Gasteiger partial charge on any atom is -0.493 e. The van der Waals surface area contributed by atoms with Crippen LogP contribution in [0.1, 0.15) is 29.8 Å². The standard InChI is InChI=1S/C23H29N3O3/c1-3-18-9-5-7-11-20(18)24-22(27)17-25-13-15-26(16-14-25)23(28)19-10-6-8-12-21(19)29-4-2/h5-12H,3-4,13-17H2,1-2H3,(H,24,27). The second kappa shape index (κ2) is 10.1. The molecule has 29 heavy (non-hydrogen) atoms. The van der Waals surface area contributed by atoms with Crippen molar-refractivity contribution in [3.63, 3.8) is 0 Å². The van der Waals surface area contributed by atoms with Crippen LogP contribution < -0.4 is 10.1 Å². The van der Waals surface area contributed by atoms with E-state index in [0.717, 1.165) is 17.7 Å². The van der Waals surface area contributed by atoms with Gasteiger partial charge in [-0.3, -0.25) is 14.5 Å². The van der Waals surface area contributed by atoms with E-state index in [-0.39, 0.29) is 11.8 Å². The lowest BCUT2D eigenvalue weighted by Crippen LogP contribution is -2.50. The van der Waals surface area contributed by atoms with Crippen molar-refractivity contribution < 1.29 is 14.3 Å². The minimum absolute atomic E-state index is 0.0185. The third-order valence-corrected chi connectivity index (χ3v) is 5.12. The summed E-state index contributed by atoms with van der Waals surface area (Å²) in [4.78, 5) is 29.3. The van der Waals surface area contributed by atoms with Gasteiger partial charge in [-0.2, -0.15) is 0 Å². The minimum atomic E-state index is -0.0210. The molecular weight excluding hydrogens is 366 g/mol. The van der Waals surface area contributed by atoms with Gasteiger partial charge in [-0.05, 0) is 37.1 Å². The summed E-state index contributed by atoms with van der Waals surface area (Å²) in [5.41, 5.74) is 2.60. The van der Waals surface area contributed by atoms with Gasteiger partial charge in [0.25, 0.3) is 5.91 Å². The summed E-state index contributed by atoms with van der Waals surface area (Å²) < 4.78 is 5.59. The van der Waals surface area contributed by atoms with E-state index in [0.29, 0.717) is 50.6 Å². The lowest BCUT2D eigenvalue weighted by atomic mass is 10.1. The van der Waals surface area contributed by atoms with Crippen LogP contribution in [0.2, 0.25) is 0 Å². The molecule has 3 rings (SSSR count). The van der Waals surface area contributed by atoms with E-state index in [2.05, 4.69) is 17.1 Å². The molecule has 1 aliphatic rings. The first-order valence-electron chi connectivity index (χ1n) is 10.2. The van der Waals surface area contributed by atoms with Gasteiger partial charge in [-0.1, -0.05) is 37.3 Å².